The lowest BCUT2D eigenvalue weighted by molar-refractivity contribution is -0.274. The van der Waals surface area contributed by atoms with E-state index in [1.807, 2.05) is 0 Å². The van der Waals surface area contributed by atoms with Crippen LogP contribution in [0.25, 0.3) is 11.1 Å². The molecule has 0 aliphatic heterocycles. The van der Waals surface area contributed by atoms with Crippen LogP contribution in [0.15, 0.2) is 50.1 Å². The van der Waals surface area contributed by atoms with Gasteiger partial charge in [-0.2, -0.15) is 26.3 Å². The van der Waals surface area contributed by atoms with E-state index in [9.17, 15) is 36.2 Å². The summed E-state index contributed by atoms with van der Waals surface area (Å²) in [6.45, 7) is 5.10. The number of hydrogen-bond donors (Lipinski definition) is 1. The molecule has 2 aromatic carbocycles. The van der Waals surface area contributed by atoms with Crippen LogP contribution in [-0.4, -0.2) is 29.7 Å². The van der Waals surface area contributed by atoms with E-state index in [0.717, 1.165) is 12.1 Å². The molecule has 1 N–H and O–H groups in total. The third-order valence-corrected chi connectivity index (χ3v) is 8.09. The first-order chi connectivity index (χ1) is 15.7. The van der Waals surface area contributed by atoms with Crippen LogP contribution >= 0.6 is 27.5 Å². The fraction of sp³-hybridized carbons (Fsp3) is 0.409. The first-order valence-electron chi connectivity index (χ1n) is 10.1. The van der Waals surface area contributed by atoms with E-state index in [0.29, 0.717) is 9.99 Å². The van der Waals surface area contributed by atoms with Gasteiger partial charge in [-0.15, -0.1) is 0 Å². The smallest absolute Gasteiger partial charge is 0.408 e. The van der Waals surface area contributed by atoms with E-state index < -0.39 is 42.9 Å². The topological polar surface area (TPSA) is 55.4 Å². The van der Waals surface area contributed by atoms with Gasteiger partial charge in [0.1, 0.15) is 0 Å². The Morgan fingerprint density at radius 2 is 1.60 bits per heavy atom. The maximum absolute atomic E-state index is 14.0. The van der Waals surface area contributed by atoms with Crippen molar-refractivity contribution in [3.63, 3.8) is 0 Å². The van der Waals surface area contributed by atoms with Crippen molar-refractivity contribution in [3.8, 4) is 0 Å². The minimum atomic E-state index is -5.01. The van der Waals surface area contributed by atoms with Gasteiger partial charge >= 0.3 is 17.7 Å². The van der Waals surface area contributed by atoms with Crippen molar-refractivity contribution in [2.45, 2.75) is 50.1 Å². The summed E-state index contributed by atoms with van der Waals surface area (Å²) in [7, 11) is -1.42. The molecule has 194 valence electrons. The number of aromatic nitrogens is 1. The molecule has 0 radical (unpaired) electrons. The Bertz CT molecular complexity index is 1250. The highest BCUT2D eigenvalue weighted by Gasteiger charge is 2.59. The highest BCUT2D eigenvalue weighted by atomic mass is 79.9. The summed E-state index contributed by atoms with van der Waals surface area (Å²) in [4.78, 5) is 11.6. The number of oxazole rings is 1. The van der Waals surface area contributed by atoms with Crippen LogP contribution in [0.2, 0.25) is 24.7 Å². The van der Waals surface area contributed by atoms with Gasteiger partial charge < -0.3 is 9.52 Å². The Hall–Kier alpha value is -1.76. The molecular weight excluding hydrogens is 584 g/mol. The quantitative estimate of drug-likeness (QED) is 0.248. The second-order valence-corrected chi connectivity index (χ2v) is 15.4. The van der Waals surface area contributed by atoms with Crippen LogP contribution < -0.4 is 5.76 Å². The minimum Gasteiger partial charge on any atom is -0.408 e. The fourth-order valence-corrected chi connectivity index (χ4v) is 3.94. The van der Waals surface area contributed by atoms with Crippen molar-refractivity contribution < 1.29 is 35.9 Å². The molecule has 0 spiro atoms. The zero-order chi connectivity index (χ0) is 27.1. The zero-order valence-electron chi connectivity index (χ0n) is 19.3. The van der Waals surface area contributed by atoms with E-state index >= 15 is 0 Å². The van der Waals surface area contributed by atoms with E-state index in [1.165, 1.54) is 56.4 Å². The summed E-state index contributed by atoms with van der Waals surface area (Å²) in [6.07, 6.45) is -5.01. The number of benzene rings is 2. The molecule has 3 rings (SSSR count). The summed E-state index contributed by atoms with van der Waals surface area (Å²) in [5, 5.41) is 10.9. The highest BCUT2D eigenvalue weighted by molar-refractivity contribution is 9.10. The number of alkyl halides is 6. The summed E-state index contributed by atoms with van der Waals surface area (Å²) in [5.41, 5.74) is -3.27. The van der Waals surface area contributed by atoms with E-state index in [1.54, 1.807) is 6.07 Å². The number of fused-ring (bicyclic) bond motifs is 1. The number of aliphatic hydroxyl groups is 1. The Kier molecular flexibility index (Phi) is 8.37. The number of nitrogens with zero attached hydrogens (tertiary/aromatic N) is 1. The van der Waals surface area contributed by atoms with Crippen molar-refractivity contribution in [1.82, 2.24) is 4.57 Å². The third-order valence-electron chi connectivity index (χ3n) is 5.57. The Labute approximate surface area is 211 Å². The summed E-state index contributed by atoms with van der Waals surface area (Å²) in [5.74, 6) is -6.06. The van der Waals surface area contributed by atoms with Gasteiger partial charge in [-0.3, -0.25) is 4.57 Å². The molecule has 2 unspecified atom stereocenters. The largest absolute Gasteiger partial charge is 0.422 e. The monoisotopic (exact) mass is 605 g/mol. The summed E-state index contributed by atoms with van der Waals surface area (Å²) >= 11 is 9.32. The second-order valence-electron chi connectivity index (χ2n) is 9.01. The predicted octanol–water partition coefficient (Wildman–Crippen LogP) is 7.53. The minimum absolute atomic E-state index is 0.0446. The van der Waals surface area contributed by atoms with Crippen LogP contribution in [0.4, 0.5) is 26.3 Å². The fourth-order valence-electron chi connectivity index (χ4n) is 3.11. The van der Waals surface area contributed by atoms with Crippen molar-refractivity contribution in [2.24, 2.45) is 7.05 Å². The first kappa shape index (κ1) is 29.5. The molecule has 0 fully saturated rings. The second kappa shape index (κ2) is 9.95. The first-order valence-corrected chi connectivity index (χ1v) is 14.8. The Morgan fingerprint density at radius 1 is 1.06 bits per heavy atom. The molecule has 3 aromatic rings. The SMILES string of the molecule is CC(c1ccc(Br)cc1Cl)C(O)(c1ccc2c(c1)oc(=O)n2C)C(F)(F)F.C[Si](C)(C)C(F)(F)F. The molecule has 1 heterocycles. The van der Waals surface area contributed by atoms with Gasteiger partial charge in [0, 0.05) is 22.5 Å². The predicted molar refractivity (Wildman–Crippen MR) is 128 cm³/mol. The van der Waals surface area contributed by atoms with Gasteiger partial charge in [0.05, 0.1) is 5.52 Å². The summed E-state index contributed by atoms with van der Waals surface area (Å²) in [6, 6.07) is 7.91. The van der Waals surface area contributed by atoms with Crippen LogP contribution in [0.5, 0.6) is 0 Å². The lowest BCUT2D eigenvalue weighted by Gasteiger charge is -2.37. The molecule has 0 aliphatic carbocycles. The number of hydrogen-bond acceptors (Lipinski definition) is 3. The Morgan fingerprint density at radius 3 is 2.06 bits per heavy atom. The van der Waals surface area contributed by atoms with Gasteiger partial charge in [0.15, 0.2) is 19.3 Å². The van der Waals surface area contributed by atoms with Crippen molar-refractivity contribution in [3.05, 3.63) is 67.6 Å². The van der Waals surface area contributed by atoms with E-state index in [2.05, 4.69) is 15.9 Å². The maximum atomic E-state index is 14.0. The molecule has 2 atom stereocenters. The van der Waals surface area contributed by atoms with Crippen molar-refractivity contribution in [2.75, 3.05) is 0 Å². The molecule has 0 bridgehead atoms. The van der Waals surface area contributed by atoms with Gasteiger partial charge in [-0.05, 0) is 35.4 Å². The summed E-state index contributed by atoms with van der Waals surface area (Å²) < 4.78 is 83.7. The lowest BCUT2D eigenvalue weighted by Crippen LogP contribution is -2.46. The number of aryl methyl sites for hydroxylation is 1. The molecule has 0 amide bonds. The Balaban J connectivity index is 0.000000466. The van der Waals surface area contributed by atoms with Crippen molar-refractivity contribution >= 4 is 46.7 Å². The normalized spacial score (nSPS) is 15.4. The van der Waals surface area contributed by atoms with Crippen LogP contribution in [0, 0.1) is 0 Å². The van der Waals surface area contributed by atoms with Crippen LogP contribution in [0.1, 0.15) is 24.0 Å². The zero-order valence-corrected chi connectivity index (χ0v) is 22.6. The molecule has 1 aromatic heterocycles. The lowest BCUT2D eigenvalue weighted by atomic mass is 9.77. The standard InChI is InChI=1S/C18H14BrClF3NO3.C4H9F3Si/c1-9(12-5-4-11(19)8-13(12)20)17(26,18(21,22)23)10-3-6-14-15(7-10)27-16(25)24(14)2;1-8(2,3)4(5,6)7/h3-9,26H,1-2H3;1-3H3. The molecular formula is C22H23BrClF6NO3Si. The molecule has 13 heteroatoms. The van der Waals surface area contributed by atoms with Crippen LogP contribution in [-0.2, 0) is 12.6 Å². The van der Waals surface area contributed by atoms with E-state index in [-0.39, 0.29) is 16.2 Å². The molecule has 0 aliphatic rings. The van der Waals surface area contributed by atoms with Crippen LogP contribution in [0.3, 0.4) is 0 Å². The third kappa shape index (κ3) is 5.97. The van der Waals surface area contributed by atoms with Gasteiger partial charge in [0.2, 0.25) is 0 Å². The maximum Gasteiger partial charge on any atom is 0.422 e. The van der Waals surface area contributed by atoms with Gasteiger partial charge in [-0.25, -0.2) is 4.79 Å². The highest BCUT2D eigenvalue weighted by Crippen LogP contribution is 2.50. The molecule has 0 saturated carbocycles. The van der Waals surface area contributed by atoms with Gasteiger partial charge in [0.25, 0.3) is 0 Å². The average molecular weight is 607 g/mol. The van der Waals surface area contributed by atoms with Gasteiger partial charge in [-0.1, -0.05) is 66.2 Å². The number of rotatable bonds is 3. The number of halogens is 8. The molecule has 35 heavy (non-hydrogen) atoms. The average Bonchev–Trinajstić information content (AvgIpc) is 2.98. The van der Waals surface area contributed by atoms with Crippen molar-refractivity contribution in [1.29, 1.82) is 0 Å². The molecule has 4 nitrogen and oxygen atoms in total. The molecule has 0 saturated heterocycles. The van der Waals surface area contributed by atoms with E-state index in [4.69, 9.17) is 16.0 Å².